The van der Waals surface area contributed by atoms with E-state index in [1.165, 1.54) is 13.2 Å². The quantitative estimate of drug-likeness (QED) is 0.799. The summed E-state index contributed by atoms with van der Waals surface area (Å²) in [6.45, 7) is 3.41. The first-order chi connectivity index (χ1) is 9.76. The van der Waals surface area contributed by atoms with Gasteiger partial charge in [0, 0.05) is 13.2 Å². The molecule has 120 valence electrons. The number of hydrogen-bond donors (Lipinski definition) is 1. The fraction of sp³-hybridized carbons (Fsp3) is 0.571. The van der Waals surface area contributed by atoms with Crippen LogP contribution in [0.4, 0.5) is 8.78 Å². The van der Waals surface area contributed by atoms with Crippen LogP contribution >= 0.6 is 0 Å². The van der Waals surface area contributed by atoms with Gasteiger partial charge in [0.2, 0.25) is 10.0 Å². The highest BCUT2D eigenvalue weighted by molar-refractivity contribution is 7.90. The van der Waals surface area contributed by atoms with Crippen LogP contribution < -0.4 is 4.72 Å². The Balaban J connectivity index is 2.54. The van der Waals surface area contributed by atoms with Crippen molar-refractivity contribution in [3.05, 3.63) is 35.4 Å². The van der Waals surface area contributed by atoms with Crippen LogP contribution in [0.5, 0.6) is 0 Å². The lowest BCUT2D eigenvalue weighted by Gasteiger charge is -2.18. The smallest absolute Gasteiger partial charge is 0.216 e. The molecule has 0 aliphatic rings. The van der Waals surface area contributed by atoms with E-state index in [9.17, 15) is 17.2 Å². The van der Waals surface area contributed by atoms with Crippen LogP contribution in [0.1, 0.15) is 25.8 Å². The van der Waals surface area contributed by atoms with Gasteiger partial charge in [0.15, 0.2) is 11.6 Å². The highest BCUT2D eigenvalue weighted by Crippen LogP contribution is 2.12. The first-order valence-corrected chi connectivity index (χ1v) is 8.25. The molecule has 1 rings (SSSR count). The Labute approximate surface area is 124 Å². The van der Waals surface area contributed by atoms with Crippen molar-refractivity contribution in [2.24, 2.45) is 0 Å². The average molecular weight is 321 g/mol. The Hall–Kier alpha value is -1.05. The summed E-state index contributed by atoms with van der Waals surface area (Å²) in [6.07, 6.45) is 0.948. The standard InChI is InChI=1S/C14H21F2NO3S/c1-10(17-21(18,19)11(2)9-20-3)4-5-12-6-7-13(15)14(16)8-12/h6-8,10-11,17H,4-5,9H2,1-3H3. The number of rotatable bonds is 8. The average Bonchev–Trinajstić information content (AvgIpc) is 2.40. The van der Waals surface area contributed by atoms with Gasteiger partial charge in [-0.05, 0) is 44.4 Å². The Morgan fingerprint density at radius 3 is 2.48 bits per heavy atom. The third-order valence-corrected chi connectivity index (χ3v) is 5.07. The number of aryl methyl sites for hydroxylation is 1. The normalized spacial score (nSPS) is 14.9. The first kappa shape index (κ1) is 18.0. The molecule has 0 heterocycles. The van der Waals surface area contributed by atoms with Crippen molar-refractivity contribution >= 4 is 10.0 Å². The monoisotopic (exact) mass is 321 g/mol. The molecular weight excluding hydrogens is 300 g/mol. The molecule has 1 N–H and O–H groups in total. The van der Waals surface area contributed by atoms with Gasteiger partial charge in [-0.15, -0.1) is 0 Å². The maximum atomic E-state index is 13.1. The summed E-state index contributed by atoms with van der Waals surface area (Å²) in [6, 6.07) is 3.39. The van der Waals surface area contributed by atoms with Gasteiger partial charge in [-0.3, -0.25) is 0 Å². The third-order valence-electron chi connectivity index (χ3n) is 3.15. The van der Waals surface area contributed by atoms with Gasteiger partial charge >= 0.3 is 0 Å². The van der Waals surface area contributed by atoms with Crippen LogP contribution in [0.3, 0.4) is 0 Å². The van der Waals surface area contributed by atoms with Crippen molar-refractivity contribution in [2.75, 3.05) is 13.7 Å². The largest absolute Gasteiger partial charge is 0.383 e. The predicted molar refractivity (Wildman–Crippen MR) is 77.5 cm³/mol. The summed E-state index contributed by atoms with van der Waals surface area (Å²) in [7, 11) is -2.01. The number of ether oxygens (including phenoxy) is 1. The molecule has 0 aliphatic heterocycles. The number of halogens is 2. The van der Waals surface area contributed by atoms with Crippen LogP contribution in [0.2, 0.25) is 0 Å². The van der Waals surface area contributed by atoms with Crippen molar-refractivity contribution < 1.29 is 21.9 Å². The molecule has 7 heteroatoms. The minimum Gasteiger partial charge on any atom is -0.383 e. The highest BCUT2D eigenvalue weighted by Gasteiger charge is 2.22. The topological polar surface area (TPSA) is 55.4 Å². The molecule has 0 spiro atoms. The third kappa shape index (κ3) is 5.68. The summed E-state index contributed by atoms with van der Waals surface area (Å²) in [5.74, 6) is -1.78. The van der Waals surface area contributed by atoms with E-state index in [0.717, 1.165) is 12.1 Å². The van der Waals surface area contributed by atoms with Gasteiger partial charge in [0.05, 0.1) is 11.9 Å². The SMILES string of the molecule is COCC(C)S(=O)(=O)NC(C)CCc1ccc(F)c(F)c1. The van der Waals surface area contributed by atoms with Crippen LogP contribution in [-0.4, -0.2) is 33.4 Å². The molecule has 21 heavy (non-hydrogen) atoms. The van der Waals surface area contributed by atoms with Crippen molar-refractivity contribution in [3.8, 4) is 0 Å². The summed E-state index contributed by atoms with van der Waals surface area (Å²) in [5.41, 5.74) is 0.630. The van der Waals surface area contributed by atoms with Gasteiger partial charge in [-0.1, -0.05) is 6.07 Å². The zero-order valence-electron chi connectivity index (χ0n) is 12.4. The molecule has 2 unspecified atom stereocenters. The summed E-state index contributed by atoms with van der Waals surface area (Å²) in [4.78, 5) is 0. The number of nitrogens with one attached hydrogen (secondary N) is 1. The molecule has 0 aromatic heterocycles. The number of benzene rings is 1. The molecule has 0 bridgehead atoms. The van der Waals surface area contributed by atoms with E-state index in [1.54, 1.807) is 13.8 Å². The van der Waals surface area contributed by atoms with Crippen molar-refractivity contribution in [2.45, 2.75) is 38.0 Å². The number of methoxy groups -OCH3 is 1. The van der Waals surface area contributed by atoms with Crippen LogP contribution in [0.25, 0.3) is 0 Å². The van der Waals surface area contributed by atoms with Crippen molar-refractivity contribution in [3.63, 3.8) is 0 Å². The van der Waals surface area contributed by atoms with Crippen molar-refractivity contribution in [1.29, 1.82) is 0 Å². The fourth-order valence-electron chi connectivity index (χ4n) is 1.86. The highest BCUT2D eigenvalue weighted by atomic mass is 32.2. The van der Waals surface area contributed by atoms with Crippen LogP contribution in [-0.2, 0) is 21.2 Å². The molecule has 1 aromatic carbocycles. The lowest BCUT2D eigenvalue weighted by molar-refractivity contribution is 0.200. The lowest BCUT2D eigenvalue weighted by atomic mass is 10.1. The molecule has 1 aromatic rings. The van der Waals surface area contributed by atoms with Gasteiger partial charge in [-0.2, -0.15) is 0 Å². The van der Waals surface area contributed by atoms with E-state index < -0.39 is 26.9 Å². The van der Waals surface area contributed by atoms with E-state index >= 15 is 0 Å². The summed E-state index contributed by atoms with van der Waals surface area (Å²) in [5, 5.41) is -0.645. The van der Waals surface area contributed by atoms with Gasteiger partial charge in [0.1, 0.15) is 0 Å². The van der Waals surface area contributed by atoms with E-state index in [0.29, 0.717) is 18.4 Å². The van der Waals surface area contributed by atoms with Crippen LogP contribution in [0, 0.1) is 11.6 Å². The molecule has 0 fully saturated rings. The zero-order chi connectivity index (χ0) is 16.0. The molecule has 0 radical (unpaired) electrons. The van der Waals surface area contributed by atoms with E-state index in [-0.39, 0.29) is 12.6 Å². The molecule has 0 amide bonds. The molecule has 4 nitrogen and oxygen atoms in total. The van der Waals surface area contributed by atoms with Gasteiger partial charge in [0.25, 0.3) is 0 Å². The fourth-order valence-corrected chi connectivity index (χ4v) is 3.08. The van der Waals surface area contributed by atoms with E-state index in [2.05, 4.69) is 4.72 Å². The van der Waals surface area contributed by atoms with Crippen LogP contribution in [0.15, 0.2) is 18.2 Å². The second-order valence-electron chi connectivity index (χ2n) is 5.12. The minimum atomic E-state index is -3.45. The lowest BCUT2D eigenvalue weighted by Crippen LogP contribution is -2.40. The van der Waals surface area contributed by atoms with E-state index in [1.807, 2.05) is 0 Å². The minimum absolute atomic E-state index is 0.116. The Morgan fingerprint density at radius 1 is 1.24 bits per heavy atom. The predicted octanol–water partition coefficient (Wildman–Crippen LogP) is 2.24. The Kier molecular flexibility index (Phi) is 6.70. The molecule has 0 saturated carbocycles. The van der Waals surface area contributed by atoms with Gasteiger partial charge < -0.3 is 4.74 Å². The zero-order valence-corrected chi connectivity index (χ0v) is 13.2. The van der Waals surface area contributed by atoms with E-state index in [4.69, 9.17) is 4.74 Å². The summed E-state index contributed by atoms with van der Waals surface area (Å²) >= 11 is 0. The molecular formula is C14H21F2NO3S. The number of sulfonamides is 1. The number of hydrogen-bond acceptors (Lipinski definition) is 3. The Morgan fingerprint density at radius 2 is 1.90 bits per heavy atom. The second kappa shape index (κ2) is 7.82. The maximum absolute atomic E-state index is 13.1. The second-order valence-corrected chi connectivity index (χ2v) is 7.25. The Bertz CT molecular complexity index is 563. The maximum Gasteiger partial charge on any atom is 0.216 e. The van der Waals surface area contributed by atoms with Gasteiger partial charge in [-0.25, -0.2) is 21.9 Å². The molecule has 0 aliphatic carbocycles. The molecule has 2 atom stereocenters. The van der Waals surface area contributed by atoms with Crippen molar-refractivity contribution in [1.82, 2.24) is 4.72 Å². The first-order valence-electron chi connectivity index (χ1n) is 6.70. The molecule has 0 saturated heterocycles. The summed E-state index contributed by atoms with van der Waals surface area (Å²) < 4.78 is 57.1.